The monoisotopic (exact) mass is 354 g/mol. The Hall–Kier alpha value is -3.26. The molecule has 25 heavy (non-hydrogen) atoms. The third-order valence-corrected chi connectivity index (χ3v) is 3.84. The van der Waals surface area contributed by atoms with Gasteiger partial charge in [0.2, 0.25) is 11.7 Å². The first-order valence-corrected chi connectivity index (χ1v) is 7.76. The number of rotatable bonds is 4. The summed E-state index contributed by atoms with van der Waals surface area (Å²) in [6.07, 6.45) is 0. The van der Waals surface area contributed by atoms with Crippen LogP contribution < -0.4 is 5.69 Å². The van der Waals surface area contributed by atoms with E-state index >= 15 is 0 Å². The molecule has 4 rings (SSSR count). The van der Waals surface area contributed by atoms with Crippen molar-refractivity contribution in [2.24, 2.45) is 0 Å². The average molecular weight is 355 g/mol. The van der Waals surface area contributed by atoms with Crippen molar-refractivity contribution < 1.29 is 4.52 Å². The molecule has 0 saturated carbocycles. The maximum atomic E-state index is 12.4. The van der Waals surface area contributed by atoms with Crippen LogP contribution in [0, 0.1) is 0 Å². The molecule has 2 aromatic carbocycles. The molecule has 0 saturated heterocycles. The largest absolute Gasteiger partial charge is 0.368 e. The van der Waals surface area contributed by atoms with Crippen LogP contribution in [0.15, 0.2) is 63.9 Å². The van der Waals surface area contributed by atoms with E-state index < -0.39 is 5.69 Å². The van der Waals surface area contributed by atoms with Crippen molar-refractivity contribution in [2.75, 3.05) is 0 Å². The molecule has 2 aromatic heterocycles. The zero-order valence-corrected chi connectivity index (χ0v) is 13.5. The molecule has 0 aliphatic rings. The van der Waals surface area contributed by atoms with Crippen molar-refractivity contribution in [3.8, 4) is 17.1 Å². The van der Waals surface area contributed by atoms with Gasteiger partial charge in [-0.15, -0.1) is 0 Å². The van der Waals surface area contributed by atoms with Crippen LogP contribution >= 0.6 is 11.6 Å². The second-order valence-electron chi connectivity index (χ2n) is 5.16. The van der Waals surface area contributed by atoms with E-state index in [0.29, 0.717) is 22.1 Å². The smallest absolute Gasteiger partial charge is 0.337 e. The van der Waals surface area contributed by atoms with E-state index in [1.807, 2.05) is 30.3 Å². The number of nitrogens with zero attached hydrogens (tertiary/aromatic N) is 6. The van der Waals surface area contributed by atoms with Crippen molar-refractivity contribution in [3.05, 3.63) is 76.0 Å². The molecule has 0 radical (unpaired) electrons. The van der Waals surface area contributed by atoms with Crippen molar-refractivity contribution in [2.45, 2.75) is 6.54 Å². The van der Waals surface area contributed by atoms with E-state index in [2.05, 4.69) is 20.6 Å². The fourth-order valence-corrected chi connectivity index (χ4v) is 2.52. The first-order chi connectivity index (χ1) is 12.2. The first kappa shape index (κ1) is 15.3. The lowest BCUT2D eigenvalue weighted by Gasteiger charge is -1.96. The van der Waals surface area contributed by atoms with Gasteiger partial charge in [0.1, 0.15) is 6.54 Å². The quantitative estimate of drug-likeness (QED) is 0.557. The van der Waals surface area contributed by atoms with Crippen molar-refractivity contribution >= 4 is 11.6 Å². The zero-order valence-electron chi connectivity index (χ0n) is 12.8. The molecular weight excluding hydrogens is 344 g/mol. The topological polar surface area (TPSA) is 91.6 Å². The Morgan fingerprint density at radius 1 is 1.00 bits per heavy atom. The Bertz CT molecular complexity index is 1070. The van der Waals surface area contributed by atoms with Gasteiger partial charge in [-0.3, -0.25) is 0 Å². The first-order valence-electron chi connectivity index (χ1n) is 7.38. The highest BCUT2D eigenvalue weighted by molar-refractivity contribution is 6.33. The SMILES string of the molecule is O=c1n(Cc2nc(-c3ccccc3Cl)no2)nnn1-c1ccccc1. The summed E-state index contributed by atoms with van der Waals surface area (Å²) >= 11 is 6.12. The van der Waals surface area contributed by atoms with Gasteiger partial charge >= 0.3 is 5.69 Å². The molecule has 0 N–H and O–H groups in total. The summed E-state index contributed by atoms with van der Waals surface area (Å²) in [6, 6.07) is 16.2. The van der Waals surface area contributed by atoms with Gasteiger partial charge in [0.25, 0.3) is 0 Å². The van der Waals surface area contributed by atoms with Crippen molar-refractivity contribution in [1.82, 2.24) is 29.9 Å². The van der Waals surface area contributed by atoms with Gasteiger partial charge in [-0.2, -0.15) is 14.3 Å². The summed E-state index contributed by atoms with van der Waals surface area (Å²) in [7, 11) is 0. The lowest BCUT2D eigenvalue weighted by atomic mass is 10.2. The molecule has 124 valence electrons. The molecule has 0 amide bonds. The highest BCUT2D eigenvalue weighted by Crippen LogP contribution is 2.24. The molecule has 0 aliphatic carbocycles. The molecule has 0 bridgehead atoms. The highest BCUT2D eigenvalue weighted by atomic mass is 35.5. The Morgan fingerprint density at radius 3 is 2.56 bits per heavy atom. The maximum Gasteiger partial charge on any atom is 0.368 e. The second-order valence-corrected chi connectivity index (χ2v) is 5.57. The van der Waals surface area contributed by atoms with Crippen LogP contribution in [-0.2, 0) is 6.54 Å². The van der Waals surface area contributed by atoms with Crippen LogP contribution in [0.2, 0.25) is 5.02 Å². The molecule has 4 aromatic rings. The van der Waals surface area contributed by atoms with E-state index in [0.717, 1.165) is 4.68 Å². The number of tetrazole rings is 1. The second kappa shape index (κ2) is 6.33. The van der Waals surface area contributed by atoms with E-state index in [-0.39, 0.29) is 12.4 Å². The number of para-hydroxylation sites is 1. The molecule has 0 unspecified atom stereocenters. The molecule has 8 nitrogen and oxygen atoms in total. The summed E-state index contributed by atoms with van der Waals surface area (Å²) in [5.74, 6) is 0.584. The fourth-order valence-electron chi connectivity index (χ4n) is 2.30. The van der Waals surface area contributed by atoms with Gasteiger partial charge in [-0.1, -0.05) is 47.1 Å². The highest BCUT2D eigenvalue weighted by Gasteiger charge is 2.15. The summed E-state index contributed by atoms with van der Waals surface area (Å²) < 4.78 is 7.54. The summed E-state index contributed by atoms with van der Waals surface area (Å²) in [4.78, 5) is 16.7. The maximum absolute atomic E-state index is 12.4. The Balaban J connectivity index is 1.61. The number of benzene rings is 2. The number of halogens is 1. The van der Waals surface area contributed by atoms with Gasteiger partial charge in [-0.05, 0) is 34.7 Å². The van der Waals surface area contributed by atoms with Gasteiger partial charge in [0, 0.05) is 5.56 Å². The van der Waals surface area contributed by atoms with E-state index in [9.17, 15) is 4.79 Å². The Morgan fingerprint density at radius 2 is 1.76 bits per heavy atom. The van der Waals surface area contributed by atoms with Crippen molar-refractivity contribution in [1.29, 1.82) is 0 Å². The normalized spacial score (nSPS) is 10.9. The van der Waals surface area contributed by atoms with Crippen LogP contribution in [0.5, 0.6) is 0 Å². The predicted molar refractivity (Wildman–Crippen MR) is 89.5 cm³/mol. The molecule has 2 heterocycles. The van der Waals surface area contributed by atoms with Gasteiger partial charge in [0.05, 0.1) is 10.7 Å². The third-order valence-electron chi connectivity index (χ3n) is 3.51. The van der Waals surface area contributed by atoms with Gasteiger partial charge in [0.15, 0.2) is 0 Å². The Labute approximate surface area is 146 Å². The van der Waals surface area contributed by atoms with E-state index in [1.165, 1.54) is 4.68 Å². The van der Waals surface area contributed by atoms with Crippen LogP contribution in [0.4, 0.5) is 0 Å². The van der Waals surface area contributed by atoms with Crippen LogP contribution in [-0.4, -0.2) is 29.9 Å². The minimum atomic E-state index is -0.399. The molecule has 0 spiro atoms. The molecule has 9 heteroatoms. The van der Waals surface area contributed by atoms with Crippen LogP contribution in [0.3, 0.4) is 0 Å². The lowest BCUT2D eigenvalue weighted by Crippen LogP contribution is -2.24. The molecule has 0 atom stereocenters. The molecule has 0 fully saturated rings. The molecule has 0 aliphatic heterocycles. The average Bonchev–Trinajstić information content (AvgIpc) is 3.24. The fraction of sp³-hybridized carbons (Fsp3) is 0.0625. The van der Waals surface area contributed by atoms with E-state index in [4.69, 9.17) is 16.1 Å². The van der Waals surface area contributed by atoms with Crippen LogP contribution in [0.1, 0.15) is 5.89 Å². The summed E-state index contributed by atoms with van der Waals surface area (Å²) in [5, 5.41) is 12.1. The standard InChI is InChI=1S/C16H11ClN6O2/c17-13-9-5-4-8-12(13)15-18-14(25-19-15)10-22-16(24)23(21-20-22)11-6-2-1-3-7-11/h1-9H,10H2. The van der Waals surface area contributed by atoms with Gasteiger partial charge < -0.3 is 4.52 Å². The summed E-state index contributed by atoms with van der Waals surface area (Å²) in [5.41, 5.74) is 0.879. The molecular formula is C16H11ClN6O2. The predicted octanol–water partition coefficient (Wildman–Crippen LogP) is 2.18. The Kier molecular flexibility index (Phi) is 3.87. The van der Waals surface area contributed by atoms with Gasteiger partial charge in [-0.25, -0.2) is 4.79 Å². The van der Waals surface area contributed by atoms with E-state index in [1.54, 1.807) is 24.3 Å². The van der Waals surface area contributed by atoms with Crippen molar-refractivity contribution in [3.63, 3.8) is 0 Å². The number of hydrogen-bond donors (Lipinski definition) is 0. The summed E-state index contributed by atoms with van der Waals surface area (Å²) in [6.45, 7) is 0.0170. The number of aromatic nitrogens is 6. The zero-order chi connectivity index (χ0) is 17.2. The third kappa shape index (κ3) is 2.94. The van der Waals surface area contributed by atoms with Crippen LogP contribution in [0.25, 0.3) is 17.1 Å². The minimum absolute atomic E-state index is 0.0170. The lowest BCUT2D eigenvalue weighted by molar-refractivity contribution is 0.363. The number of hydrogen-bond acceptors (Lipinski definition) is 6. The minimum Gasteiger partial charge on any atom is -0.337 e.